The Balaban J connectivity index is 3.06. The minimum absolute atomic E-state index is 0.0214. The zero-order valence-corrected chi connectivity index (χ0v) is 19.3. The van der Waals surface area contributed by atoms with Crippen LogP contribution >= 0.6 is 12.6 Å². The summed E-state index contributed by atoms with van der Waals surface area (Å²) in [4.78, 5) is 67.6. The number of aliphatic carboxylic acids is 1. The van der Waals surface area contributed by atoms with E-state index in [9.17, 15) is 29.1 Å². The predicted octanol–water partition coefficient (Wildman–Crippen LogP) is -2.33. The van der Waals surface area contributed by atoms with Crippen LogP contribution in [0.15, 0.2) is 12.5 Å². The van der Waals surface area contributed by atoms with Gasteiger partial charge in [0.05, 0.1) is 18.8 Å². The zero-order chi connectivity index (χ0) is 25.1. The summed E-state index contributed by atoms with van der Waals surface area (Å²) in [6, 6.07) is -4.86. The molecule has 9 N–H and O–H groups in total. The molecule has 1 aromatic rings. The molecule has 0 spiro atoms. The molecule has 0 radical (unpaired) electrons. The average Bonchev–Trinajstić information content (AvgIpc) is 3.27. The smallest absolute Gasteiger partial charge is 0.326 e. The Hall–Kier alpha value is -3.13. The van der Waals surface area contributed by atoms with Crippen molar-refractivity contribution < 1.29 is 29.1 Å². The summed E-state index contributed by atoms with van der Waals surface area (Å²) < 4.78 is 0. The molecule has 13 nitrogen and oxygen atoms in total. The predicted molar refractivity (Wildman–Crippen MR) is 121 cm³/mol. The first-order valence-electron chi connectivity index (χ1n) is 10.3. The van der Waals surface area contributed by atoms with E-state index >= 15 is 0 Å². The maximum atomic E-state index is 13.0. The van der Waals surface area contributed by atoms with Crippen LogP contribution in [-0.2, 0) is 30.4 Å². The number of aromatic amines is 1. The van der Waals surface area contributed by atoms with Crippen LogP contribution in [-0.4, -0.2) is 74.6 Å². The molecule has 0 fully saturated rings. The van der Waals surface area contributed by atoms with Gasteiger partial charge in [0.2, 0.25) is 23.6 Å². The quantitative estimate of drug-likeness (QED) is 0.133. The van der Waals surface area contributed by atoms with Crippen molar-refractivity contribution in [3.05, 3.63) is 18.2 Å². The highest BCUT2D eigenvalue weighted by Crippen LogP contribution is 2.09. The number of rotatable bonds is 14. The Kier molecular flexibility index (Phi) is 11.4. The van der Waals surface area contributed by atoms with Gasteiger partial charge in [0.25, 0.3) is 0 Å². The summed E-state index contributed by atoms with van der Waals surface area (Å²) in [7, 11) is 0. The van der Waals surface area contributed by atoms with Crippen molar-refractivity contribution in [1.82, 2.24) is 25.9 Å². The van der Waals surface area contributed by atoms with Crippen LogP contribution < -0.4 is 27.4 Å². The van der Waals surface area contributed by atoms with Crippen LogP contribution in [0.25, 0.3) is 0 Å². The lowest BCUT2D eigenvalue weighted by atomic mass is 9.98. The molecule has 0 saturated carbocycles. The van der Waals surface area contributed by atoms with Gasteiger partial charge in [-0.25, -0.2) is 9.78 Å². The number of primary amides is 1. The topological polar surface area (TPSA) is 222 Å². The lowest BCUT2D eigenvalue weighted by molar-refractivity contribution is -0.144. The first kappa shape index (κ1) is 27.9. The molecule has 0 bridgehead atoms. The normalized spacial score (nSPS) is 15.4. The third kappa shape index (κ3) is 9.10. The SMILES string of the molecule is CCC(C)C(NC(=O)C(CC(N)=O)NC(=O)C(Cc1cnc[nH]1)NC(=O)C(N)CS)C(=O)O. The van der Waals surface area contributed by atoms with Gasteiger partial charge in [-0.1, -0.05) is 20.3 Å². The number of H-pyrrole nitrogens is 1. The van der Waals surface area contributed by atoms with Crippen molar-refractivity contribution in [3.63, 3.8) is 0 Å². The molecule has 5 unspecified atom stereocenters. The summed E-state index contributed by atoms with van der Waals surface area (Å²) >= 11 is 3.96. The van der Waals surface area contributed by atoms with E-state index in [2.05, 4.69) is 38.5 Å². The number of carbonyl (C=O) groups excluding carboxylic acids is 4. The Bertz CT molecular complexity index is 835. The van der Waals surface area contributed by atoms with Gasteiger partial charge in [-0.3, -0.25) is 19.2 Å². The van der Waals surface area contributed by atoms with Gasteiger partial charge in [-0.15, -0.1) is 0 Å². The highest BCUT2D eigenvalue weighted by molar-refractivity contribution is 7.80. The Labute approximate surface area is 196 Å². The van der Waals surface area contributed by atoms with Crippen molar-refractivity contribution >= 4 is 42.2 Å². The molecular formula is C19H31N7O6S. The van der Waals surface area contributed by atoms with Gasteiger partial charge >= 0.3 is 5.97 Å². The molecule has 184 valence electrons. The molecule has 1 rings (SSSR count). The molecule has 5 atom stereocenters. The number of nitrogens with zero attached hydrogens (tertiary/aromatic N) is 1. The van der Waals surface area contributed by atoms with Crippen LogP contribution in [0.2, 0.25) is 0 Å². The van der Waals surface area contributed by atoms with Gasteiger partial charge in [0.1, 0.15) is 18.1 Å². The van der Waals surface area contributed by atoms with E-state index in [1.165, 1.54) is 12.5 Å². The molecule has 33 heavy (non-hydrogen) atoms. The van der Waals surface area contributed by atoms with Gasteiger partial charge in [0.15, 0.2) is 0 Å². The van der Waals surface area contributed by atoms with Crippen LogP contribution in [0, 0.1) is 5.92 Å². The number of aromatic nitrogens is 2. The Morgan fingerprint density at radius 1 is 1.12 bits per heavy atom. The lowest BCUT2D eigenvalue weighted by Gasteiger charge is -2.26. The molecule has 1 aromatic heterocycles. The fourth-order valence-corrected chi connectivity index (χ4v) is 2.97. The van der Waals surface area contributed by atoms with Gasteiger partial charge < -0.3 is 37.5 Å². The summed E-state index contributed by atoms with van der Waals surface area (Å²) in [5.74, 6) is -4.88. The van der Waals surface area contributed by atoms with E-state index in [4.69, 9.17) is 11.5 Å². The van der Waals surface area contributed by atoms with Crippen LogP contribution in [0.5, 0.6) is 0 Å². The van der Waals surface area contributed by atoms with Crippen LogP contribution in [0.1, 0.15) is 32.4 Å². The van der Waals surface area contributed by atoms with Gasteiger partial charge in [0, 0.05) is 24.1 Å². The Morgan fingerprint density at radius 2 is 1.73 bits per heavy atom. The van der Waals surface area contributed by atoms with Crippen LogP contribution in [0.4, 0.5) is 0 Å². The van der Waals surface area contributed by atoms with E-state index in [0.29, 0.717) is 12.1 Å². The second-order valence-electron chi connectivity index (χ2n) is 7.57. The van der Waals surface area contributed by atoms with Crippen molar-refractivity contribution in [2.75, 3.05) is 5.75 Å². The number of thiol groups is 1. The number of carboxylic acids is 1. The largest absolute Gasteiger partial charge is 0.480 e. The minimum atomic E-state index is -1.46. The minimum Gasteiger partial charge on any atom is -0.480 e. The third-order valence-corrected chi connectivity index (χ3v) is 5.35. The average molecular weight is 486 g/mol. The van der Waals surface area contributed by atoms with E-state index in [1.54, 1.807) is 13.8 Å². The third-order valence-electron chi connectivity index (χ3n) is 4.96. The van der Waals surface area contributed by atoms with E-state index in [1.807, 2.05) is 0 Å². The van der Waals surface area contributed by atoms with Gasteiger partial charge in [-0.2, -0.15) is 12.6 Å². The summed E-state index contributed by atoms with van der Waals surface area (Å²) in [6.45, 7) is 3.40. The van der Waals surface area contributed by atoms with E-state index < -0.39 is 66.1 Å². The second-order valence-corrected chi connectivity index (χ2v) is 7.94. The number of amides is 4. The van der Waals surface area contributed by atoms with Crippen molar-refractivity contribution in [1.29, 1.82) is 0 Å². The molecular weight excluding hydrogens is 454 g/mol. The molecule has 0 aliphatic heterocycles. The highest BCUT2D eigenvalue weighted by atomic mass is 32.1. The lowest BCUT2D eigenvalue weighted by Crippen LogP contribution is -2.59. The number of nitrogens with two attached hydrogens (primary N) is 2. The number of carbonyl (C=O) groups is 5. The molecule has 0 saturated heterocycles. The first-order chi connectivity index (χ1) is 15.5. The summed E-state index contributed by atoms with van der Waals surface area (Å²) in [5.41, 5.74) is 11.4. The number of hydrogen-bond acceptors (Lipinski definition) is 8. The number of imidazole rings is 1. The van der Waals surface area contributed by atoms with Crippen LogP contribution in [0.3, 0.4) is 0 Å². The van der Waals surface area contributed by atoms with Crippen molar-refractivity contribution in [2.45, 2.75) is 57.3 Å². The molecule has 4 amide bonds. The number of carboxylic acid groups (broad SMARTS) is 1. The number of hydrogen-bond donors (Lipinski definition) is 8. The molecule has 0 aliphatic rings. The molecule has 0 aliphatic carbocycles. The summed E-state index contributed by atoms with van der Waals surface area (Å²) in [6.07, 6.45) is 2.70. The molecule has 0 aromatic carbocycles. The summed E-state index contributed by atoms with van der Waals surface area (Å²) in [5, 5.41) is 16.6. The van der Waals surface area contributed by atoms with Gasteiger partial charge in [-0.05, 0) is 5.92 Å². The fraction of sp³-hybridized carbons (Fsp3) is 0.579. The molecule has 14 heteroatoms. The fourth-order valence-electron chi connectivity index (χ4n) is 2.81. The van der Waals surface area contributed by atoms with E-state index in [0.717, 1.165) is 0 Å². The Morgan fingerprint density at radius 3 is 2.21 bits per heavy atom. The standard InChI is InChI=1S/C19H31N7O6S/c1-3-9(2)15(19(31)32)26-18(30)13(5-14(21)27)25-17(29)12(4-10-6-22-8-23-10)24-16(28)11(20)7-33/h6,8-9,11-13,15,33H,3-5,7,20H2,1-2H3,(H2,21,27)(H,22,23)(H,24,28)(H,25,29)(H,26,30)(H,31,32). The van der Waals surface area contributed by atoms with Crippen molar-refractivity contribution in [3.8, 4) is 0 Å². The molecule has 1 heterocycles. The first-order valence-corrected chi connectivity index (χ1v) is 10.9. The zero-order valence-electron chi connectivity index (χ0n) is 18.4. The maximum absolute atomic E-state index is 13.0. The monoisotopic (exact) mass is 485 g/mol. The number of nitrogens with one attached hydrogen (secondary N) is 4. The second kappa shape index (κ2) is 13.4. The maximum Gasteiger partial charge on any atom is 0.326 e. The van der Waals surface area contributed by atoms with E-state index in [-0.39, 0.29) is 12.2 Å². The van der Waals surface area contributed by atoms with Crippen molar-refractivity contribution in [2.24, 2.45) is 17.4 Å². The highest BCUT2D eigenvalue weighted by Gasteiger charge is 2.32.